The van der Waals surface area contributed by atoms with Crippen molar-refractivity contribution in [3.8, 4) is 0 Å². The van der Waals surface area contributed by atoms with Crippen LogP contribution in [0.1, 0.15) is 34.1 Å². The lowest BCUT2D eigenvalue weighted by Crippen LogP contribution is -2.69. The molecule has 0 bridgehead atoms. The van der Waals surface area contributed by atoms with Crippen LogP contribution in [0.15, 0.2) is 0 Å². The molecule has 4 nitrogen and oxygen atoms in total. The number of halogens is 3. The highest BCUT2D eigenvalue weighted by Crippen LogP contribution is 2.28. The Morgan fingerprint density at radius 3 is 2.26 bits per heavy atom. The number of amides is 2. The van der Waals surface area contributed by atoms with Crippen molar-refractivity contribution < 1.29 is 22.8 Å². The summed E-state index contributed by atoms with van der Waals surface area (Å²) < 4.78 is 37.6. The summed E-state index contributed by atoms with van der Waals surface area (Å²) in [6.07, 6.45) is -4.19. The fraction of sp³-hybridized carbons (Fsp3) is 0.833. The van der Waals surface area contributed by atoms with E-state index in [2.05, 4.69) is 5.32 Å². The fourth-order valence-electron chi connectivity index (χ4n) is 2.07. The molecule has 1 rings (SSSR count). The average Bonchev–Trinajstić information content (AvgIpc) is 2.20. The number of carbonyl (C=O) groups is 2. The van der Waals surface area contributed by atoms with Gasteiger partial charge in [0.2, 0.25) is 11.8 Å². The van der Waals surface area contributed by atoms with Gasteiger partial charge in [0.1, 0.15) is 18.1 Å². The normalized spacial score (nSPS) is 23.8. The smallest absolute Gasteiger partial charge is 0.342 e. The second-order valence-electron chi connectivity index (χ2n) is 5.75. The van der Waals surface area contributed by atoms with Gasteiger partial charge in [0.25, 0.3) is 0 Å². The Balaban J connectivity index is 3.00. The summed E-state index contributed by atoms with van der Waals surface area (Å²) in [5, 5.41) is 2.51. The van der Waals surface area contributed by atoms with Crippen molar-refractivity contribution in [3.05, 3.63) is 0 Å². The summed E-state index contributed by atoms with van der Waals surface area (Å²) in [7, 11) is 0. The van der Waals surface area contributed by atoms with Crippen LogP contribution >= 0.6 is 0 Å². The maximum atomic E-state index is 12.5. The summed E-state index contributed by atoms with van der Waals surface area (Å²) in [6.45, 7) is 4.91. The molecule has 0 aromatic rings. The van der Waals surface area contributed by atoms with Gasteiger partial charge < -0.3 is 10.2 Å². The van der Waals surface area contributed by atoms with Crippen LogP contribution < -0.4 is 5.32 Å². The molecule has 0 radical (unpaired) electrons. The molecule has 1 N–H and O–H groups in total. The van der Waals surface area contributed by atoms with Crippen molar-refractivity contribution >= 4 is 11.8 Å². The third-order valence-corrected chi connectivity index (χ3v) is 3.14. The Hall–Kier alpha value is -1.27. The lowest BCUT2D eigenvalue weighted by molar-refractivity contribution is -0.181. The Morgan fingerprint density at radius 2 is 1.84 bits per heavy atom. The Kier molecular flexibility index (Phi) is 4.17. The number of carbonyl (C=O) groups excluding carboxylic acids is 2. The zero-order valence-corrected chi connectivity index (χ0v) is 11.5. The van der Waals surface area contributed by atoms with Gasteiger partial charge in [-0.3, -0.25) is 9.59 Å². The first-order valence-electron chi connectivity index (χ1n) is 6.14. The highest BCUT2D eigenvalue weighted by molar-refractivity contribution is 5.99. The number of nitrogens with zero attached hydrogens (tertiary/aromatic N) is 1. The van der Waals surface area contributed by atoms with Crippen molar-refractivity contribution in [3.63, 3.8) is 0 Å². The predicted octanol–water partition coefficient (Wildman–Crippen LogP) is 1.70. The molecule has 1 aliphatic heterocycles. The van der Waals surface area contributed by atoms with Crippen molar-refractivity contribution in [1.82, 2.24) is 10.2 Å². The minimum atomic E-state index is -4.52. The summed E-state index contributed by atoms with van der Waals surface area (Å²) in [4.78, 5) is 24.6. The molecule has 1 heterocycles. The molecule has 19 heavy (non-hydrogen) atoms. The average molecular weight is 280 g/mol. The van der Waals surface area contributed by atoms with E-state index < -0.39 is 36.1 Å². The molecule has 0 aromatic heterocycles. The van der Waals surface area contributed by atoms with Crippen LogP contribution in [0.4, 0.5) is 13.2 Å². The standard InChI is InChI=1S/C12H19F3N2O2/c1-7(2)5-8-9(18)17(6-12(13,14)15)11(3,4)10(19)16-8/h7-8H,5-6H2,1-4H3,(H,16,19). The van der Waals surface area contributed by atoms with Gasteiger partial charge in [0.15, 0.2) is 0 Å². The minimum absolute atomic E-state index is 0.100. The first-order valence-corrected chi connectivity index (χ1v) is 6.14. The van der Waals surface area contributed by atoms with E-state index in [1.807, 2.05) is 13.8 Å². The van der Waals surface area contributed by atoms with E-state index >= 15 is 0 Å². The van der Waals surface area contributed by atoms with Gasteiger partial charge in [-0.25, -0.2) is 0 Å². The van der Waals surface area contributed by atoms with Crippen LogP contribution in [0.5, 0.6) is 0 Å². The molecule has 0 spiro atoms. The molecule has 1 saturated heterocycles. The van der Waals surface area contributed by atoms with Gasteiger partial charge in [-0.15, -0.1) is 0 Å². The maximum absolute atomic E-state index is 12.5. The van der Waals surface area contributed by atoms with Gasteiger partial charge in [-0.05, 0) is 26.2 Å². The quantitative estimate of drug-likeness (QED) is 0.855. The lowest BCUT2D eigenvalue weighted by atomic mass is 9.92. The van der Waals surface area contributed by atoms with Gasteiger partial charge in [-0.1, -0.05) is 13.8 Å². The molecular weight excluding hydrogens is 261 g/mol. The maximum Gasteiger partial charge on any atom is 0.406 e. The van der Waals surface area contributed by atoms with Crippen LogP contribution in [-0.4, -0.2) is 41.0 Å². The number of alkyl halides is 3. The topological polar surface area (TPSA) is 49.4 Å². The summed E-state index contributed by atoms with van der Waals surface area (Å²) in [6, 6.07) is -0.872. The molecule has 1 atom stereocenters. The predicted molar refractivity (Wildman–Crippen MR) is 63.2 cm³/mol. The van der Waals surface area contributed by atoms with E-state index in [4.69, 9.17) is 0 Å². The van der Waals surface area contributed by atoms with Gasteiger partial charge in [0.05, 0.1) is 0 Å². The molecule has 0 aromatic carbocycles. The van der Waals surface area contributed by atoms with E-state index in [1.54, 1.807) is 0 Å². The number of rotatable bonds is 3. The molecule has 0 saturated carbocycles. The molecular formula is C12H19F3N2O2. The third-order valence-electron chi connectivity index (χ3n) is 3.14. The van der Waals surface area contributed by atoms with E-state index in [9.17, 15) is 22.8 Å². The van der Waals surface area contributed by atoms with Gasteiger partial charge >= 0.3 is 6.18 Å². The van der Waals surface area contributed by atoms with Crippen LogP contribution in [-0.2, 0) is 9.59 Å². The van der Waals surface area contributed by atoms with Crippen LogP contribution in [0, 0.1) is 5.92 Å². The van der Waals surface area contributed by atoms with E-state index in [-0.39, 0.29) is 5.92 Å². The van der Waals surface area contributed by atoms with Crippen LogP contribution in [0.25, 0.3) is 0 Å². The van der Waals surface area contributed by atoms with E-state index in [0.717, 1.165) is 0 Å². The monoisotopic (exact) mass is 280 g/mol. The van der Waals surface area contributed by atoms with E-state index in [1.165, 1.54) is 13.8 Å². The zero-order valence-electron chi connectivity index (χ0n) is 11.5. The van der Waals surface area contributed by atoms with Gasteiger partial charge in [-0.2, -0.15) is 13.2 Å². The highest BCUT2D eigenvalue weighted by atomic mass is 19.4. The molecule has 2 amide bonds. The Labute approximate surface area is 110 Å². The third kappa shape index (κ3) is 3.61. The SMILES string of the molecule is CC(C)CC1NC(=O)C(C)(C)N(CC(F)(F)F)C1=O. The first-order chi connectivity index (χ1) is 8.45. The number of hydrogen-bond acceptors (Lipinski definition) is 2. The fourth-order valence-corrected chi connectivity index (χ4v) is 2.07. The molecule has 7 heteroatoms. The molecule has 0 aliphatic carbocycles. The minimum Gasteiger partial charge on any atom is -0.342 e. The Morgan fingerprint density at radius 1 is 1.32 bits per heavy atom. The Bertz CT molecular complexity index is 378. The summed E-state index contributed by atoms with van der Waals surface area (Å²) in [5.74, 6) is -1.12. The van der Waals surface area contributed by atoms with Crippen molar-refractivity contribution in [2.24, 2.45) is 5.92 Å². The zero-order chi connectivity index (χ0) is 15.0. The molecule has 1 unspecified atom stereocenters. The highest BCUT2D eigenvalue weighted by Gasteiger charge is 2.49. The summed E-state index contributed by atoms with van der Waals surface area (Å²) in [5.41, 5.74) is -1.49. The van der Waals surface area contributed by atoms with Crippen molar-refractivity contribution in [1.29, 1.82) is 0 Å². The number of nitrogens with one attached hydrogen (secondary N) is 1. The first kappa shape index (κ1) is 15.8. The van der Waals surface area contributed by atoms with Crippen LogP contribution in [0.2, 0.25) is 0 Å². The number of piperazine rings is 1. The van der Waals surface area contributed by atoms with E-state index in [0.29, 0.717) is 11.3 Å². The molecule has 1 aliphatic rings. The molecule has 1 fully saturated rings. The van der Waals surface area contributed by atoms with Gasteiger partial charge in [0, 0.05) is 0 Å². The van der Waals surface area contributed by atoms with Crippen molar-refractivity contribution in [2.75, 3.05) is 6.54 Å². The lowest BCUT2D eigenvalue weighted by Gasteiger charge is -2.44. The van der Waals surface area contributed by atoms with Crippen LogP contribution in [0.3, 0.4) is 0 Å². The second-order valence-corrected chi connectivity index (χ2v) is 5.75. The largest absolute Gasteiger partial charge is 0.406 e. The second kappa shape index (κ2) is 5.02. The van der Waals surface area contributed by atoms with Crippen molar-refractivity contribution in [2.45, 2.75) is 51.9 Å². The number of hydrogen-bond donors (Lipinski definition) is 1. The summed E-state index contributed by atoms with van der Waals surface area (Å²) >= 11 is 0. The molecule has 110 valence electrons.